The van der Waals surface area contributed by atoms with E-state index in [1.54, 1.807) is 20.8 Å². The van der Waals surface area contributed by atoms with Crippen molar-refractivity contribution >= 4 is 40.9 Å². The largest absolute Gasteiger partial charge is 0.444 e. The molecule has 0 atom stereocenters. The molecule has 0 aliphatic rings. The van der Waals surface area contributed by atoms with Gasteiger partial charge in [-0.3, -0.25) is 10.1 Å². The first-order valence-corrected chi connectivity index (χ1v) is 7.89. The molecule has 0 aliphatic heterocycles. The van der Waals surface area contributed by atoms with Crippen molar-refractivity contribution in [1.82, 2.24) is 5.32 Å². The molecule has 2 N–H and O–H groups in total. The van der Waals surface area contributed by atoms with Crippen LogP contribution >= 0.6 is 23.2 Å². The Balaban J connectivity index is 2.94. The van der Waals surface area contributed by atoms with Crippen LogP contribution in [0.25, 0.3) is 0 Å². The lowest BCUT2D eigenvalue weighted by atomic mass is 10.1. The summed E-state index contributed by atoms with van der Waals surface area (Å²) in [5.41, 5.74) is -1.25. The van der Waals surface area contributed by atoms with E-state index in [0.29, 0.717) is 18.8 Å². The van der Waals surface area contributed by atoms with Gasteiger partial charge in [-0.25, -0.2) is 9.18 Å². The molecule has 0 heterocycles. The van der Waals surface area contributed by atoms with Crippen LogP contribution in [0, 0.1) is 5.82 Å². The van der Waals surface area contributed by atoms with E-state index in [9.17, 15) is 14.0 Å². The number of hydrogen-bond acceptors (Lipinski definition) is 3. The van der Waals surface area contributed by atoms with Gasteiger partial charge in [0.15, 0.2) is 5.82 Å². The standard InChI is InChI=1S/C15H19Cl2FN2O3/c1-15(2,3)23-14(22)20-10-6-5-9(17)11(12(10)18)13(21)19-8-4-7-16/h5-6H,4,7-8H2,1-3H3,(H,19,21)(H,20,22). The third-order valence-corrected chi connectivity index (χ3v) is 3.13. The number of benzene rings is 1. The van der Waals surface area contributed by atoms with Crippen LogP contribution in [0.2, 0.25) is 5.02 Å². The van der Waals surface area contributed by atoms with Crippen LogP contribution in [0.5, 0.6) is 0 Å². The molecule has 0 aromatic heterocycles. The van der Waals surface area contributed by atoms with Gasteiger partial charge >= 0.3 is 6.09 Å². The lowest BCUT2D eigenvalue weighted by Crippen LogP contribution is -2.29. The maximum Gasteiger partial charge on any atom is 0.412 e. The fourth-order valence-electron chi connectivity index (χ4n) is 1.63. The van der Waals surface area contributed by atoms with E-state index in [4.69, 9.17) is 27.9 Å². The summed E-state index contributed by atoms with van der Waals surface area (Å²) in [7, 11) is 0. The molecule has 0 bridgehead atoms. The minimum atomic E-state index is -0.924. The summed E-state index contributed by atoms with van der Waals surface area (Å²) in [6.45, 7) is 5.34. The average molecular weight is 365 g/mol. The second kappa shape index (κ2) is 8.36. The summed E-state index contributed by atoms with van der Waals surface area (Å²) in [5, 5.41) is 4.71. The molecule has 128 valence electrons. The summed E-state index contributed by atoms with van der Waals surface area (Å²) < 4.78 is 19.5. The number of ether oxygens (including phenoxy) is 1. The highest BCUT2D eigenvalue weighted by Gasteiger charge is 2.22. The van der Waals surface area contributed by atoms with Crippen molar-refractivity contribution in [2.75, 3.05) is 17.7 Å². The van der Waals surface area contributed by atoms with Gasteiger partial charge < -0.3 is 10.1 Å². The summed E-state index contributed by atoms with van der Waals surface area (Å²) in [5.74, 6) is -1.23. The zero-order valence-corrected chi connectivity index (χ0v) is 14.6. The van der Waals surface area contributed by atoms with Crippen molar-refractivity contribution in [3.8, 4) is 0 Å². The first-order valence-electron chi connectivity index (χ1n) is 6.98. The molecule has 0 saturated heterocycles. The first kappa shape index (κ1) is 19.5. The lowest BCUT2D eigenvalue weighted by Gasteiger charge is -2.20. The predicted molar refractivity (Wildman–Crippen MR) is 88.9 cm³/mol. The summed E-state index contributed by atoms with van der Waals surface area (Å²) in [4.78, 5) is 23.7. The summed E-state index contributed by atoms with van der Waals surface area (Å²) >= 11 is 11.4. The van der Waals surface area contributed by atoms with Crippen molar-refractivity contribution in [3.05, 3.63) is 28.5 Å². The van der Waals surface area contributed by atoms with Crippen LogP contribution in [0.3, 0.4) is 0 Å². The van der Waals surface area contributed by atoms with E-state index in [0.717, 1.165) is 0 Å². The Bertz CT molecular complexity index is 589. The SMILES string of the molecule is CC(C)(C)OC(=O)Nc1ccc(Cl)c(C(=O)NCCCCl)c1F. The molecule has 0 aliphatic carbocycles. The Labute approximate surface area is 144 Å². The van der Waals surface area contributed by atoms with Crippen LogP contribution in [-0.2, 0) is 4.74 Å². The highest BCUT2D eigenvalue weighted by molar-refractivity contribution is 6.34. The molecular weight excluding hydrogens is 346 g/mol. The molecule has 0 spiro atoms. The third-order valence-electron chi connectivity index (χ3n) is 2.55. The second-order valence-electron chi connectivity index (χ2n) is 5.71. The van der Waals surface area contributed by atoms with Gasteiger partial charge in [0.25, 0.3) is 5.91 Å². The Morgan fingerprint density at radius 3 is 2.52 bits per heavy atom. The molecule has 0 saturated carbocycles. The number of carbonyl (C=O) groups excluding carboxylic acids is 2. The van der Waals surface area contributed by atoms with Gasteiger partial charge in [0.2, 0.25) is 0 Å². The Kier molecular flexibility index (Phi) is 7.09. The Hall–Kier alpha value is -1.53. The van der Waals surface area contributed by atoms with E-state index in [2.05, 4.69) is 10.6 Å². The number of amides is 2. The van der Waals surface area contributed by atoms with Gasteiger partial charge in [-0.15, -0.1) is 11.6 Å². The fraction of sp³-hybridized carbons (Fsp3) is 0.467. The zero-order valence-electron chi connectivity index (χ0n) is 13.1. The molecule has 0 radical (unpaired) electrons. The van der Waals surface area contributed by atoms with Gasteiger partial charge in [-0.2, -0.15) is 0 Å². The molecule has 0 unspecified atom stereocenters. The molecular formula is C15H19Cl2FN2O3. The van der Waals surface area contributed by atoms with Crippen LogP contribution in [0.15, 0.2) is 12.1 Å². The number of halogens is 3. The minimum absolute atomic E-state index is 0.0550. The van der Waals surface area contributed by atoms with Gasteiger partial charge in [0, 0.05) is 12.4 Å². The van der Waals surface area contributed by atoms with E-state index in [-0.39, 0.29) is 16.3 Å². The van der Waals surface area contributed by atoms with E-state index in [1.165, 1.54) is 12.1 Å². The van der Waals surface area contributed by atoms with Gasteiger partial charge in [0.1, 0.15) is 5.60 Å². The molecule has 23 heavy (non-hydrogen) atoms. The van der Waals surface area contributed by atoms with Crippen molar-refractivity contribution in [3.63, 3.8) is 0 Å². The molecule has 1 rings (SSSR count). The van der Waals surface area contributed by atoms with Crippen molar-refractivity contribution in [1.29, 1.82) is 0 Å². The first-order chi connectivity index (χ1) is 10.7. The lowest BCUT2D eigenvalue weighted by molar-refractivity contribution is 0.0634. The van der Waals surface area contributed by atoms with Gasteiger partial charge in [-0.05, 0) is 39.3 Å². The monoisotopic (exact) mass is 364 g/mol. The van der Waals surface area contributed by atoms with Crippen LogP contribution in [0.1, 0.15) is 37.6 Å². The molecule has 1 aromatic rings. The molecule has 5 nitrogen and oxygen atoms in total. The van der Waals surface area contributed by atoms with Crippen molar-refractivity contribution in [2.45, 2.75) is 32.8 Å². The number of nitrogens with one attached hydrogen (secondary N) is 2. The number of rotatable bonds is 5. The fourth-order valence-corrected chi connectivity index (χ4v) is 1.99. The zero-order chi connectivity index (χ0) is 17.6. The smallest absolute Gasteiger partial charge is 0.412 e. The number of hydrogen-bond donors (Lipinski definition) is 2. The average Bonchev–Trinajstić information content (AvgIpc) is 2.40. The molecule has 1 aromatic carbocycles. The normalized spacial score (nSPS) is 11.0. The molecule has 8 heteroatoms. The highest BCUT2D eigenvalue weighted by Crippen LogP contribution is 2.26. The van der Waals surface area contributed by atoms with Crippen LogP contribution < -0.4 is 10.6 Å². The minimum Gasteiger partial charge on any atom is -0.444 e. The topological polar surface area (TPSA) is 67.4 Å². The van der Waals surface area contributed by atoms with Gasteiger partial charge in [0.05, 0.1) is 16.3 Å². The predicted octanol–water partition coefficient (Wildman–Crippen LogP) is 4.18. The summed E-state index contributed by atoms with van der Waals surface area (Å²) in [6.07, 6.45) is -0.283. The Morgan fingerprint density at radius 1 is 1.30 bits per heavy atom. The molecule has 0 fully saturated rings. The van der Waals surface area contributed by atoms with Crippen LogP contribution in [-0.4, -0.2) is 30.0 Å². The maximum atomic E-state index is 14.4. The van der Waals surface area contributed by atoms with E-state index < -0.39 is 23.4 Å². The Morgan fingerprint density at radius 2 is 1.96 bits per heavy atom. The summed E-state index contributed by atoms with van der Waals surface area (Å²) in [6, 6.07) is 2.59. The number of carbonyl (C=O) groups is 2. The second-order valence-corrected chi connectivity index (χ2v) is 6.49. The van der Waals surface area contributed by atoms with Gasteiger partial charge in [-0.1, -0.05) is 11.6 Å². The van der Waals surface area contributed by atoms with Crippen molar-refractivity contribution < 1.29 is 18.7 Å². The van der Waals surface area contributed by atoms with Crippen LogP contribution in [0.4, 0.5) is 14.9 Å². The van der Waals surface area contributed by atoms with Crippen molar-refractivity contribution in [2.24, 2.45) is 0 Å². The molecule has 2 amide bonds. The number of alkyl halides is 1. The number of anilines is 1. The highest BCUT2D eigenvalue weighted by atomic mass is 35.5. The quantitative estimate of drug-likeness (QED) is 0.608. The van der Waals surface area contributed by atoms with E-state index >= 15 is 0 Å². The van der Waals surface area contributed by atoms with E-state index in [1.807, 2.05) is 0 Å². The maximum absolute atomic E-state index is 14.4. The third kappa shape index (κ3) is 6.23.